The second kappa shape index (κ2) is 20.4. The first-order valence-electron chi connectivity index (χ1n) is 19.7. The molecular weight excluding hydrogens is 822 g/mol. The highest BCUT2D eigenvalue weighted by Gasteiger charge is 2.23. The fourth-order valence-electron chi connectivity index (χ4n) is 6.86. The lowest BCUT2D eigenvalue weighted by Crippen LogP contribution is -2.28. The molecule has 4 aromatic heterocycles. The smallest absolute Gasteiger partial charge is 0.225 e. The molecule has 2 aromatic carbocycles. The molecular formula is C41H50Cl4N10O3. The first-order chi connectivity index (χ1) is 28.0. The van der Waals surface area contributed by atoms with Crippen molar-refractivity contribution < 1.29 is 14.2 Å². The van der Waals surface area contributed by atoms with Gasteiger partial charge in [-0.05, 0) is 118 Å². The number of fused-ring (bicyclic) bond motifs is 2. The van der Waals surface area contributed by atoms with Crippen molar-refractivity contribution in [2.75, 3.05) is 59.1 Å². The lowest BCUT2D eigenvalue weighted by molar-refractivity contribution is -0.0298. The number of H-pyrrole nitrogens is 1. The van der Waals surface area contributed by atoms with E-state index in [1.54, 1.807) is 12.7 Å². The number of nitrogens with zero attached hydrogens (tertiary/aromatic N) is 9. The van der Waals surface area contributed by atoms with Crippen LogP contribution < -0.4 is 9.47 Å². The first kappa shape index (κ1) is 43.8. The number of rotatable bonds is 15. The van der Waals surface area contributed by atoms with Gasteiger partial charge in [-0.1, -0.05) is 50.9 Å². The lowest BCUT2D eigenvalue weighted by Gasteiger charge is -2.23. The quantitative estimate of drug-likeness (QED) is 0.0990. The predicted molar refractivity (Wildman–Crippen MR) is 233 cm³/mol. The van der Waals surface area contributed by atoms with Crippen LogP contribution in [0.4, 0.5) is 0 Å². The summed E-state index contributed by atoms with van der Waals surface area (Å²) in [6, 6.07) is 7.60. The van der Waals surface area contributed by atoms with Gasteiger partial charge in [0.25, 0.3) is 0 Å². The molecule has 0 saturated carbocycles. The zero-order valence-corrected chi connectivity index (χ0v) is 36.8. The molecule has 0 spiro atoms. The summed E-state index contributed by atoms with van der Waals surface area (Å²) in [5.41, 5.74) is 7.07. The van der Waals surface area contributed by atoms with Crippen LogP contribution >= 0.6 is 46.4 Å². The third-order valence-electron chi connectivity index (χ3n) is 10.3. The number of halogens is 4. The van der Waals surface area contributed by atoms with Crippen molar-refractivity contribution in [1.82, 2.24) is 49.3 Å². The zero-order chi connectivity index (χ0) is 41.3. The van der Waals surface area contributed by atoms with Crippen LogP contribution in [-0.2, 0) is 4.74 Å². The van der Waals surface area contributed by atoms with E-state index < -0.39 is 0 Å². The van der Waals surface area contributed by atoms with Gasteiger partial charge in [0, 0.05) is 30.8 Å². The summed E-state index contributed by atoms with van der Waals surface area (Å²) in [6.07, 6.45) is 6.30. The predicted octanol–water partition coefficient (Wildman–Crippen LogP) is 9.88. The number of likely N-dealkylation sites (N-methyl/N-ethyl adjacent to an activating group) is 2. The Labute approximate surface area is 359 Å². The van der Waals surface area contributed by atoms with Gasteiger partial charge in [0.15, 0.2) is 11.3 Å². The maximum absolute atomic E-state index is 6.65. The number of aromatic nitrogens is 8. The monoisotopic (exact) mass is 870 g/mol. The van der Waals surface area contributed by atoms with E-state index >= 15 is 0 Å². The van der Waals surface area contributed by atoms with E-state index in [2.05, 4.69) is 72.4 Å². The van der Waals surface area contributed by atoms with Crippen molar-refractivity contribution in [1.29, 1.82) is 0 Å². The van der Waals surface area contributed by atoms with Crippen molar-refractivity contribution in [3.05, 3.63) is 68.7 Å². The third kappa shape index (κ3) is 10.3. The molecule has 0 amide bonds. The molecule has 5 heterocycles. The molecule has 58 heavy (non-hydrogen) atoms. The lowest BCUT2D eigenvalue weighted by atomic mass is 10.1. The summed E-state index contributed by atoms with van der Waals surface area (Å²) in [4.78, 5) is 33.8. The number of nitrogens with one attached hydrogen (secondary N) is 1. The van der Waals surface area contributed by atoms with Crippen molar-refractivity contribution in [3.63, 3.8) is 0 Å². The zero-order valence-electron chi connectivity index (χ0n) is 33.8. The highest BCUT2D eigenvalue weighted by molar-refractivity contribution is 6.34. The van der Waals surface area contributed by atoms with Gasteiger partial charge in [0.05, 0.1) is 22.7 Å². The van der Waals surface area contributed by atoms with Gasteiger partial charge in [0.1, 0.15) is 53.4 Å². The molecule has 1 N–H and O–H groups in total. The number of hydrogen-bond donors (Lipinski definition) is 1. The number of hydrogen-bond acceptors (Lipinski definition) is 11. The number of aryl methyl sites for hydroxylation is 2. The van der Waals surface area contributed by atoms with Crippen molar-refractivity contribution in [3.8, 4) is 34.0 Å². The molecule has 1 unspecified atom stereocenters. The van der Waals surface area contributed by atoms with Crippen LogP contribution in [0, 0.1) is 13.8 Å². The van der Waals surface area contributed by atoms with Gasteiger partial charge in [-0.15, -0.1) is 0 Å². The highest BCUT2D eigenvalue weighted by Crippen LogP contribution is 2.38. The van der Waals surface area contributed by atoms with E-state index in [4.69, 9.17) is 60.6 Å². The van der Waals surface area contributed by atoms with Crippen molar-refractivity contribution in [2.24, 2.45) is 0 Å². The highest BCUT2D eigenvalue weighted by atomic mass is 35.5. The SMILES string of the molecule is CCN(CC)CCOc1cc(-c2nc(Cl)nc3c2ncn3C2CCCCO2)c(Cl)cc1C.CCN(CC)CCOc1cc(-c2nc(Cl)nc3nc[nH]c23)c(Cl)cc1C. The Balaban J connectivity index is 0.000000200. The molecule has 17 heteroatoms. The van der Waals surface area contributed by atoms with Crippen LogP contribution in [0.25, 0.3) is 44.8 Å². The number of ether oxygens (including phenoxy) is 3. The van der Waals surface area contributed by atoms with Crippen molar-refractivity contribution in [2.45, 2.75) is 67.0 Å². The van der Waals surface area contributed by atoms with E-state index in [0.717, 1.165) is 98.9 Å². The molecule has 0 aliphatic carbocycles. The Kier molecular flexibility index (Phi) is 15.4. The Bertz CT molecular complexity index is 2310. The Morgan fingerprint density at radius 1 is 0.741 bits per heavy atom. The minimum atomic E-state index is -0.0972. The van der Waals surface area contributed by atoms with Gasteiger partial charge in [-0.2, -0.15) is 9.97 Å². The minimum absolute atomic E-state index is 0.0972. The molecule has 0 radical (unpaired) electrons. The minimum Gasteiger partial charge on any atom is -0.492 e. The molecule has 310 valence electrons. The number of benzene rings is 2. The second-order valence-electron chi connectivity index (χ2n) is 13.9. The fourth-order valence-corrected chi connectivity index (χ4v) is 7.81. The molecule has 6 aromatic rings. The summed E-state index contributed by atoms with van der Waals surface area (Å²) >= 11 is 25.5. The van der Waals surface area contributed by atoms with E-state index in [0.29, 0.717) is 57.0 Å². The molecule has 1 fully saturated rings. The van der Waals surface area contributed by atoms with Crippen LogP contribution in [-0.4, -0.2) is 108 Å². The molecule has 1 atom stereocenters. The molecule has 7 rings (SSSR count). The molecule has 1 saturated heterocycles. The Morgan fingerprint density at radius 3 is 1.88 bits per heavy atom. The second-order valence-corrected chi connectivity index (χ2v) is 15.4. The normalized spacial score (nSPS) is 14.4. The molecule has 0 bridgehead atoms. The van der Waals surface area contributed by atoms with Crippen molar-refractivity contribution >= 4 is 68.7 Å². The number of aromatic amines is 1. The van der Waals surface area contributed by atoms with Crippen LogP contribution in [0.15, 0.2) is 36.9 Å². The summed E-state index contributed by atoms with van der Waals surface area (Å²) < 4.78 is 20.0. The maximum Gasteiger partial charge on any atom is 0.225 e. The van der Waals surface area contributed by atoms with E-state index in [9.17, 15) is 0 Å². The first-order valence-corrected chi connectivity index (χ1v) is 21.3. The van der Waals surface area contributed by atoms with E-state index in [1.165, 1.54) is 0 Å². The summed E-state index contributed by atoms with van der Waals surface area (Å²) in [5, 5.41) is 1.41. The van der Waals surface area contributed by atoms with Gasteiger partial charge in [-0.3, -0.25) is 4.57 Å². The summed E-state index contributed by atoms with van der Waals surface area (Å²) in [6.45, 7) is 20.2. The van der Waals surface area contributed by atoms with Crippen LogP contribution in [0.5, 0.6) is 11.5 Å². The fraction of sp³-hybridized carbons (Fsp3) is 0.463. The van der Waals surface area contributed by atoms with Gasteiger partial charge >= 0.3 is 0 Å². The van der Waals surface area contributed by atoms with Gasteiger partial charge < -0.3 is 29.0 Å². The Morgan fingerprint density at radius 2 is 1.31 bits per heavy atom. The Hall–Kier alpha value is -3.82. The maximum atomic E-state index is 6.65. The summed E-state index contributed by atoms with van der Waals surface area (Å²) in [7, 11) is 0. The average molecular weight is 873 g/mol. The van der Waals surface area contributed by atoms with E-state index in [-0.39, 0.29) is 16.8 Å². The van der Waals surface area contributed by atoms with Crippen LogP contribution in [0.1, 0.15) is 64.3 Å². The van der Waals surface area contributed by atoms with Gasteiger partial charge in [-0.25, -0.2) is 19.9 Å². The molecule has 1 aliphatic heterocycles. The van der Waals surface area contributed by atoms with Crippen LogP contribution in [0.2, 0.25) is 20.6 Å². The topological polar surface area (TPSA) is 132 Å². The molecule has 1 aliphatic rings. The van der Waals surface area contributed by atoms with E-state index in [1.807, 2.05) is 42.7 Å². The third-order valence-corrected chi connectivity index (χ3v) is 11.2. The average Bonchev–Trinajstić information content (AvgIpc) is 3.87. The van der Waals surface area contributed by atoms with Crippen LogP contribution in [0.3, 0.4) is 0 Å². The molecule has 13 nitrogen and oxygen atoms in total. The summed E-state index contributed by atoms with van der Waals surface area (Å²) in [5.74, 6) is 1.55. The standard InChI is InChI=1S/C23H29Cl2N5O2.C18H21Cl2N5O/c1-4-29(5-2)9-11-31-18-13-16(17(24)12-15(18)3)20-21-22(28-23(25)27-20)30(14-26-21)19-8-6-7-10-32-19;1-4-25(5-2)6-7-26-14-9-12(13(19)8-11(14)3)15-16-17(22-10-21-16)24-18(20)23-15/h12-14,19H,4-11H2,1-3H3;8-10H,4-7H2,1-3H3,(H,21,22,23,24). The number of imidazole rings is 2. The largest absolute Gasteiger partial charge is 0.492 e. The van der Waals surface area contributed by atoms with Gasteiger partial charge in [0.2, 0.25) is 10.6 Å².